The molecule has 1 saturated heterocycles. The number of nitro benzene ring substituents is 1. The Morgan fingerprint density at radius 3 is 2.34 bits per heavy atom. The van der Waals surface area contributed by atoms with Gasteiger partial charge in [0.2, 0.25) is 0 Å². The lowest BCUT2D eigenvalue weighted by molar-refractivity contribution is -0.384. The van der Waals surface area contributed by atoms with Crippen molar-refractivity contribution in [2.24, 2.45) is 0 Å². The summed E-state index contributed by atoms with van der Waals surface area (Å²) in [7, 11) is 0. The van der Waals surface area contributed by atoms with Crippen LogP contribution in [0.1, 0.15) is 15.9 Å². The molecule has 1 heterocycles. The molecule has 0 aromatic heterocycles. The summed E-state index contributed by atoms with van der Waals surface area (Å²) in [6.07, 6.45) is 0. The van der Waals surface area contributed by atoms with Gasteiger partial charge in [-0.1, -0.05) is 58.4 Å². The van der Waals surface area contributed by atoms with E-state index < -0.39 is 0 Å². The molecule has 8 heteroatoms. The molecule has 1 aliphatic heterocycles. The number of nitrogens with zero attached hydrogens (tertiary/aromatic N) is 3. The van der Waals surface area contributed by atoms with E-state index in [9.17, 15) is 14.9 Å². The number of carbonyl (C=O) groups is 1. The molecule has 4 rings (SSSR count). The second kappa shape index (κ2) is 9.82. The molecule has 0 unspecified atom stereocenters. The summed E-state index contributed by atoms with van der Waals surface area (Å²) >= 11 is 3.52. The lowest BCUT2D eigenvalue weighted by atomic mass is 10.1. The van der Waals surface area contributed by atoms with Crippen LogP contribution >= 0.6 is 15.9 Å². The molecule has 32 heavy (non-hydrogen) atoms. The van der Waals surface area contributed by atoms with Gasteiger partial charge in [-0.2, -0.15) is 0 Å². The standard InChI is InChI=1S/C24H22BrN3O4/c25-20-9-3-1-7-18(20)17-32-23-12-6-2-8-19(23)24(29)27-15-13-26(14-16-27)21-10-4-5-11-22(21)28(30)31/h1-12H,13-17H2. The van der Waals surface area contributed by atoms with Crippen LogP contribution in [-0.2, 0) is 6.61 Å². The van der Waals surface area contributed by atoms with E-state index in [1.165, 1.54) is 6.07 Å². The molecule has 7 nitrogen and oxygen atoms in total. The fourth-order valence-corrected chi connectivity index (χ4v) is 4.15. The lowest BCUT2D eigenvalue weighted by Gasteiger charge is -2.36. The maximum atomic E-state index is 13.2. The maximum Gasteiger partial charge on any atom is 0.292 e. The van der Waals surface area contributed by atoms with Crippen LogP contribution in [0.2, 0.25) is 0 Å². The third-order valence-electron chi connectivity index (χ3n) is 5.44. The molecule has 0 atom stereocenters. The second-order valence-corrected chi connectivity index (χ2v) is 8.26. The van der Waals surface area contributed by atoms with Gasteiger partial charge >= 0.3 is 0 Å². The first kappa shape index (κ1) is 21.8. The molecule has 3 aromatic rings. The molecule has 0 spiro atoms. The lowest BCUT2D eigenvalue weighted by Crippen LogP contribution is -2.49. The first-order valence-corrected chi connectivity index (χ1v) is 11.1. The van der Waals surface area contributed by atoms with Gasteiger partial charge in [-0.15, -0.1) is 0 Å². The van der Waals surface area contributed by atoms with Crippen molar-refractivity contribution < 1.29 is 14.5 Å². The zero-order chi connectivity index (χ0) is 22.5. The minimum absolute atomic E-state index is 0.0816. The average Bonchev–Trinajstić information content (AvgIpc) is 2.83. The van der Waals surface area contributed by atoms with E-state index in [4.69, 9.17) is 4.74 Å². The number of benzene rings is 3. The quantitative estimate of drug-likeness (QED) is 0.359. The monoisotopic (exact) mass is 495 g/mol. The van der Waals surface area contributed by atoms with Gasteiger partial charge in [0.15, 0.2) is 0 Å². The van der Waals surface area contributed by atoms with Gasteiger partial charge in [0, 0.05) is 42.3 Å². The van der Waals surface area contributed by atoms with Crippen molar-refractivity contribution in [3.63, 3.8) is 0 Å². The second-order valence-electron chi connectivity index (χ2n) is 7.40. The van der Waals surface area contributed by atoms with Crippen molar-refractivity contribution in [3.05, 3.63) is 98.5 Å². The number of rotatable bonds is 6. The van der Waals surface area contributed by atoms with Gasteiger partial charge in [-0.3, -0.25) is 14.9 Å². The summed E-state index contributed by atoms with van der Waals surface area (Å²) in [5, 5.41) is 11.3. The number of nitro groups is 1. The molecular formula is C24H22BrN3O4. The predicted molar refractivity (Wildman–Crippen MR) is 126 cm³/mol. The SMILES string of the molecule is O=C(c1ccccc1OCc1ccccc1Br)N1CCN(c2ccccc2[N+](=O)[O-])CC1. The zero-order valence-corrected chi connectivity index (χ0v) is 18.9. The highest BCUT2D eigenvalue weighted by atomic mass is 79.9. The van der Waals surface area contributed by atoms with Crippen LogP contribution in [-0.4, -0.2) is 41.9 Å². The molecule has 0 saturated carbocycles. The number of carbonyl (C=O) groups excluding carboxylic acids is 1. The Bertz CT molecular complexity index is 1130. The largest absolute Gasteiger partial charge is 0.488 e. The highest BCUT2D eigenvalue weighted by Crippen LogP contribution is 2.29. The third-order valence-corrected chi connectivity index (χ3v) is 6.22. The highest BCUT2D eigenvalue weighted by Gasteiger charge is 2.27. The van der Waals surface area contributed by atoms with E-state index >= 15 is 0 Å². The van der Waals surface area contributed by atoms with E-state index in [2.05, 4.69) is 15.9 Å². The first-order chi connectivity index (χ1) is 15.5. The molecule has 1 fully saturated rings. The molecule has 0 radical (unpaired) electrons. The molecule has 164 valence electrons. The van der Waals surface area contributed by atoms with E-state index in [0.717, 1.165) is 10.0 Å². The normalized spacial score (nSPS) is 13.7. The van der Waals surface area contributed by atoms with E-state index in [1.807, 2.05) is 41.3 Å². The molecule has 1 aliphatic rings. The predicted octanol–water partition coefficient (Wildman–Crippen LogP) is 4.90. The van der Waals surface area contributed by atoms with Gasteiger partial charge in [0.25, 0.3) is 11.6 Å². The van der Waals surface area contributed by atoms with Gasteiger partial charge in [0.05, 0.1) is 10.5 Å². The molecule has 0 aliphatic carbocycles. The van der Waals surface area contributed by atoms with Crippen LogP contribution in [0.3, 0.4) is 0 Å². The van der Waals surface area contributed by atoms with Crippen molar-refractivity contribution in [2.75, 3.05) is 31.1 Å². The van der Waals surface area contributed by atoms with Gasteiger partial charge in [-0.25, -0.2) is 0 Å². The fraction of sp³-hybridized carbons (Fsp3) is 0.208. The van der Waals surface area contributed by atoms with E-state index in [-0.39, 0.29) is 16.5 Å². The Labute approximate surface area is 194 Å². The number of amides is 1. The minimum Gasteiger partial charge on any atom is -0.488 e. The van der Waals surface area contributed by atoms with Crippen LogP contribution in [0.4, 0.5) is 11.4 Å². The highest BCUT2D eigenvalue weighted by molar-refractivity contribution is 9.10. The molecule has 3 aromatic carbocycles. The summed E-state index contributed by atoms with van der Waals surface area (Å²) < 4.78 is 6.94. The molecular weight excluding hydrogens is 474 g/mol. The Morgan fingerprint density at radius 1 is 0.938 bits per heavy atom. The summed E-state index contributed by atoms with van der Waals surface area (Å²) in [5.41, 5.74) is 2.17. The zero-order valence-electron chi connectivity index (χ0n) is 17.3. The Morgan fingerprint density at radius 2 is 1.59 bits per heavy atom. The summed E-state index contributed by atoms with van der Waals surface area (Å²) in [6, 6.07) is 21.7. The number of ether oxygens (including phenoxy) is 1. The summed E-state index contributed by atoms with van der Waals surface area (Å²) in [6.45, 7) is 2.34. The third kappa shape index (κ3) is 4.75. The maximum absolute atomic E-state index is 13.2. The van der Waals surface area contributed by atoms with Gasteiger partial charge in [0.1, 0.15) is 18.0 Å². The number of para-hydroxylation sites is 3. The van der Waals surface area contributed by atoms with Crippen molar-refractivity contribution in [2.45, 2.75) is 6.61 Å². The first-order valence-electron chi connectivity index (χ1n) is 10.3. The number of piperazine rings is 1. The van der Waals surface area contributed by atoms with Gasteiger partial charge < -0.3 is 14.5 Å². The van der Waals surface area contributed by atoms with E-state index in [0.29, 0.717) is 49.8 Å². The fourth-order valence-electron chi connectivity index (χ4n) is 3.75. The molecule has 0 bridgehead atoms. The van der Waals surface area contributed by atoms with Crippen molar-refractivity contribution in [1.29, 1.82) is 0 Å². The Balaban J connectivity index is 1.44. The topological polar surface area (TPSA) is 75.9 Å². The van der Waals surface area contributed by atoms with Crippen molar-refractivity contribution >= 4 is 33.2 Å². The summed E-state index contributed by atoms with van der Waals surface area (Å²) in [5.74, 6) is 0.435. The Hall–Kier alpha value is -3.39. The molecule has 0 N–H and O–H groups in total. The van der Waals surface area contributed by atoms with E-state index in [1.54, 1.807) is 35.2 Å². The minimum atomic E-state index is -0.370. The van der Waals surface area contributed by atoms with Crippen LogP contribution in [0, 0.1) is 10.1 Å². The number of halogens is 1. The molecule has 1 amide bonds. The number of hydrogen-bond acceptors (Lipinski definition) is 5. The van der Waals surface area contributed by atoms with Crippen molar-refractivity contribution in [1.82, 2.24) is 4.90 Å². The van der Waals surface area contributed by atoms with Crippen LogP contribution < -0.4 is 9.64 Å². The summed E-state index contributed by atoms with van der Waals surface area (Å²) in [4.78, 5) is 27.9. The van der Waals surface area contributed by atoms with Crippen LogP contribution in [0.25, 0.3) is 0 Å². The van der Waals surface area contributed by atoms with Crippen molar-refractivity contribution in [3.8, 4) is 5.75 Å². The van der Waals surface area contributed by atoms with Crippen LogP contribution in [0.15, 0.2) is 77.3 Å². The number of hydrogen-bond donors (Lipinski definition) is 0. The smallest absolute Gasteiger partial charge is 0.292 e. The van der Waals surface area contributed by atoms with Crippen LogP contribution in [0.5, 0.6) is 5.75 Å². The Kier molecular flexibility index (Phi) is 6.70. The van der Waals surface area contributed by atoms with Gasteiger partial charge in [-0.05, 0) is 24.3 Å². The number of anilines is 1. The average molecular weight is 496 g/mol.